The Labute approximate surface area is 127 Å². The van der Waals surface area contributed by atoms with E-state index in [1.54, 1.807) is 0 Å². The van der Waals surface area contributed by atoms with Gasteiger partial charge in [-0.3, -0.25) is 4.79 Å². The number of ether oxygens (including phenoxy) is 1. The third-order valence-corrected chi connectivity index (χ3v) is 4.24. The first-order chi connectivity index (χ1) is 10.2. The number of anilines is 2. The molecular weight excluding hydrogens is 264 g/mol. The van der Waals surface area contributed by atoms with Gasteiger partial charge in [-0.2, -0.15) is 0 Å². The number of benzene rings is 1. The second kappa shape index (κ2) is 8.03. The molecule has 0 aromatic heterocycles. The summed E-state index contributed by atoms with van der Waals surface area (Å²) in [7, 11) is 0. The molecular formula is C17H26N2O2. The van der Waals surface area contributed by atoms with Gasteiger partial charge in [-0.05, 0) is 43.4 Å². The number of nitrogens with two attached hydrogens (primary N) is 1. The van der Waals surface area contributed by atoms with Crippen LogP contribution < -0.4 is 11.1 Å². The average molecular weight is 290 g/mol. The van der Waals surface area contributed by atoms with Gasteiger partial charge in [0.15, 0.2) is 0 Å². The monoisotopic (exact) mass is 290 g/mol. The van der Waals surface area contributed by atoms with Crippen LogP contribution in [0.4, 0.5) is 11.4 Å². The first kappa shape index (κ1) is 15.8. The maximum atomic E-state index is 11.9. The highest BCUT2D eigenvalue weighted by atomic mass is 16.5. The lowest BCUT2D eigenvalue weighted by molar-refractivity contribution is -0.116. The SMILES string of the molecule is Cc1c(N)cccc1NC(=O)CCCOCCC1CCC1. The summed E-state index contributed by atoms with van der Waals surface area (Å²) in [6.07, 6.45) is 6.54. The number of rotatable bonds is 8. The predicted molar refractivity (Wildman–Crippen MR) is 86.2 cm³/mol. The summed E-state index contributed by atoms with van der Waals surface area (Å²) in [4.78, 5) is 11.9. The molecule has 3 N–H and O–H groups in total. The highest BCUT2D eigenvalue weighted by Crippen LogP contribution is 2.29. The Morgan fingerprint density at radius 3 is 2.90 bits per heavy atom. The summed E-state index contributed by atoms with van der Waals surface area (Å²) in [5.74, 6) is 0.908. The van der Waals surface area contributed by atoms with Crippen molar-refractivity contribution in [2.75, 3.05) is 24.3 Å². The number of amides is 1. The molecule has 116 valence electrons. The first-order valence-corrected chi connectivity index (χ1v) is 7.89. The Morgan fingerprint density at radius 2 is 2.19 bits per heavy atom. The molecule has 21 heavy (non-hydrogen) atoms. The minimum Gasteiger partial charge on any atom is -0.398 e. The van der Waals surface area contributed by atoms with Crippen molar-refractivity contribution in [2.45, 2.75) is 45.4 Å². The minimum absolute atomic E-state index is 0.0197. The van der Waals surface area contributed by atoms with Crippen LogP contribution in [0.1, 0.15) is 44.1 Å². The van der Waals surface area contributed by atoms with Crippen LogP contribution in [0.25, 0.3) is 0 Å². The van der Waals surface area contributed by atoms with Crippen molar-refractivity contribution in [2.24, 2.45) is 5.92 Å². The normalized spacial score (nSPS) is 14.7. The van der Waals surface area contributed by atoms with Gasteiger partial charge in [0.25, 0.3) is 0 Å². The number of nitrogens with one attached hydrogen (secondary N) is 1. The lowest BCUT2D eigenvalue weighted by atomic mass is 9.83. The zero-order chi connectivity index (χ0) is 15.1. The van der Waals surface area contributed by atoms with Crippen LogP contribution >= 0.6 is 0 Å². The molecule has 1 aromatic rings. The van der Waals surface area contributed by atoms with E-state index in [0.717, 1.165) is 30.2 Å². The fourth-order valence-electron chi connectivity index (χ4n) is 2.47. The van der Waals surface area contributed by atoms with Crippen LogP contribution in [-0.2, 0) is 9.53 Å². The van der Waals surface area contributed by atoms with E-state index in [0.29, 0.717) is 18.7 Å². The topological polar surface area (TPSA) is 64.3 Å². The summed E-state index contributed by atoms with van der Waals surface area (Å²) in [5.41, 5.74) is 8.24. The van der Waals surface area contributed by atoms with E-state index in [-0.39, 0.29) is 5.91 Å². The van der Waals surface area contributed by atoms with Crippen molar-refractivity contribution in [3.8, 4) is 0 Å². The molecule has 0 bridgehead atoms. The molecule has 0 saturated heterocycles. The molecule has 0 spiro atoms. The van der Waals surface area contributed by atoms with Crippen LogP contribution in [0.5, 0.6) is 0 Å². The molecule has 2 rings (SSSR count). The van der Waals surface area contributed by atoms with Gasteiger partial charge in [0.05, 0.1) is 0 Å². The van der Waals surface area contributed by atoms with E-state index >= 15 is 0 Å². The summed E-state index contributed by atoms with van der Waals surface area (Å²) in [6, 6.07) is 5.56. The van der Waals surface area contributed by atoms with E-state index in [2.05, 4.69) is 5.32 Å². The molecule has 1 aliphatic rings. The van der Waals surface area contributed by atoms with E-state index in [9.17, 15) is 4.79 Å². The smallest absolute Gasteiger partial charge is 0.224 e. The first-order valence-electron chi connectivity index (χ1n) is 7.89. The van der Waals surface area contributed by atoms with E-state index in [1.807, 2.05) is 25.1 Å². The molecule has 4 heteroatoms. The van der Waals surface area contributed by atoms with Crippen molar-refractivity contribution in [1.82, 2.24) is 0 Å². The fraction of sp³-hybridized carbons (Fsp3) is 0.588. The number of nitrogen functional groups attached to an aromatic ring is 1. The van der Waals surface area contributed by atoms with E-state index < -0.39 is 0 Å². The van der Waals surface area contributed by atoms with Gasteiger partial charge in [-0.25, -0.2) is 0 Å². The number of carbonyl (C=O) groups excluding carboxylic acids is 1. The quantitative estimate of drug-likeness (QED) is 0.569. The van der Waals surface area contributed by atoms with Crippen LogP contribution in [0.3, 0.4) is 0 Å². The number of carbonyl (C=O) groups is 1. The largest absolute Gasteiger partial charge is 0.398 e. The minimum atomic E-state index is 0.0197. The molecule has 1 aromatic carbocycles. The van der Waals surface area contributed by atoms with Gasteiger partial charge in [0.2, 0.25) is 5.91 Å². The van der Waals surface area contributed by atoms with Gasteiger partial charge in [-0.1, -0.05) is 25.3 Å². The molecule has 1 fully saturated rings. The van der Waals surface area contributed by atoms with Gasteiger partial charge in [0.1, 0.15) is 0 Å². The van der Waals surface area contributed by atoms with Crippen LogP contribution in [0, 0.1) is 12.8 Å². The molecule has 1 amide bonds. The Hall–Kier alpha value is -1.55. The Balaban J connectivity index is 1.57. The zero-order valence-electron chi connectivity index (χ0n) is 12.9. The summed E-state index contributed by atoms with van der Waals surface area (Å²) < 4.78 is 5.58. The van der Waals surface area contributed by atoms with Crippen molar-refractivity contribution in [1.29, 1.82) is 0 Å². The number of hydrogen-bond donors (Lipinski definition) is 2. The third kappa shape index (κ3) is 5.05. The summed E-state index contributed by atoms with van der Waals surface area (Å²) in [5, 5.41) is 2.90. The van der Waals surface area contributed by atoms with E-state index in [1.165, 1.54) is 25.7 Å². The second-order valence-electron chi connectivity index (χ2n) is 5.87. The van der Waals surface area contributed by atoms with Crippen LogP contribution in [0.15, 0.2) is 18.2 Å². The predicted octanol–water partition coefficient (Wildman–Crippen LogP) is 3.50. The maximum Gasteiger partial charge on any atom is 0.224 e. The summed E-state index contributed by atoms with van der Waals surface area (Å²) in [6.45, 7) is 3.41. The van der Waals surface area contributed by atoms with Gasteiger partial charge in [-0.15, -0.1) is 0 Å². The lowest BCUT2D eigenvalue weighted by Gasteiger charge is -2.24. The highest BCUT2D eigenvalue weighted by Gasteiger charge is 2.16. The van der Waals surface area contributed by atoms with Gasteiger partial charge in [0, 0.05) is 31.0 Å². The molecule has 4 nitrogen and oxygen atoms in total. The maximum absolute atomic E-state index is 11.9. The lowest BCUT2D eigenvalue weighted by Crippen LogP contribution is -2.15. The van der Waals surface area contributed by atoms with Crippen molar-refractivity contribution in [3.63, 3.8) is 0 Å². The van der Waals surface area contributed by atoms with Crippen molar-refractivity contribution in [3.05, 3.63) is 23.8 Å². The highest BCUT2D eigenvalue weighted by molar-refractivity contribution is 5.92. The Bertz CT molecular complexity index is 470. The third-order valence-electron chi connectivity index (χ3n) is 4.24. The van der Waals surface area contributed by atoms with Crippen molar-refractivity contribution >= 4 is 17.3 Å². The average Bonchev–Trinajstić information content (AvgIpc) is 2.41. The number of hydrogen-bond acceptors (Lipinski definition) is 3. The van der Waals surface area contributed by atoms with Crippen LogP contribution in [-0.4, -0.2) is 19.1 Å². The molecule has 0 radical (unpaired) electrons. The molecule has 1 saturated carbocycles. The molecule has 0 heterocycles. The molecule has 0 atom stereocenters. The zero-order valence-corrected chi connectivity index (χ0v) is 12.9. The van der Waals surface area contributed by atoms with E-state index in [4.69, 9.17) is 10.5 Å². The summed E-state index contributed by atoms with van der Waals surface area (Å²) >= 11 is 0. The van der Waals surface area contributed by atoms with Gasteiger partial charge < -0.3 is 15.8 Å². The van der Waals surface area contributed by atoms with Crippen molar-refractivity contribution < 1.29 is 9.53 Å². The van der Waals surface area contributed by atoms with Crippen LogP contribution in [0.2, 0.25) is 0 Å². The van der Waals surface area contributed by atoms with Gasteiger partial charge >= 0.3 is 0 Å². The Morgan fingerprint density at radius 1 is 1.38 bits per heavy atom. The molecule has 0 aliphatic heterocycles. The second-order valence-corrected chi connectivity index (χ2v) is 5.87. The molecule has 1 aliphatic carbocycles. The molecule has 0 unspecified atom stereocenters. The standard InChI is InChI=1S/C17H26N2O2/c1-13-15(18)7-3-8-16(13)19-17(20)9-4-11-21-12-10-14-5-2-6-14/h3,7-8,14H,2,4-6,9-12,18H2,1H3,(H,19,20). The Kier molecular flexibility index (Phi) is 6.05. The fourth-order valence-corrected chi connectivity index (χ4v) is 2.47.